The molecule has 0 saturated carbocycles. The topological polar surface area (TPSA) is 12.0 Å². The van der Waals surface area contributed by atoms with Crippen LogP contribution in [-0.2, 0) is 0 Å². The smallest absolute Gasteiger partial charge is 0.0640 e. The van der Waals surface area contributed by atoms with E-state index in [1.165, 1.54) is 44.1 Å². The van der Waals surface area contributed by atoms with Crippen molar-refractivity contribution in [1.29, 1.82) is 0 Å². The van der Waals surface area contributed by atoms with Crippen molar-refractivity contribution in [1.82, 2.24) is 0 Å². The van der Waals surface area contributed by atoms with E-state index in [1.807, 2.05) is 6.07 Å². The molecule has 18 heavy (non-hydrogen) atoms. The van der Waals surface area contributed by atoms with Crippen molar-refractivity contribution >= 4 is 17.3 Å². The zero-order valence-corrected chi connectivity index (χ0v) is 12.7. The third kappa shape index (κ3) is 5.77. The van der Waals surface area contributed by atoms with Crippen LogP contribution in [0.5, 0.6) is 0 Å². The van der Waals surface area contributed by atoms with Crippen molar-refractivity contribution in [3.63, 3.8) is 0 Å². The van der Waals surface area contributed by atoms with Gasteiger partial charge in [0.15, 0.2) is 0 Å². The van der Waals surface area contributed by atoms with Gasteiger partial charge in [-0.05, 0) is 38.0 Å². The summed E-state index contributed by atoms with van der Waals surface area (Å²) in [6, 6.07) is 6.68. The maximum Gasteiger partial charge on any atom is 0.0640 e. The van der Waals surface area contributed by atoms with Gasteiger partial charge in [-0.3, -0.25) is 0 Å². The maximum absolute atomic E-state index is 6.21. The monoisotopic (exact) mass is 267 g/mol. The summed E-state index contributed by atoms with van der Waals surface area (Å²) in [5, 5.41) is 4.32. The molecule has 0 aromatic heterocycles. The molecule has 1 aromatic rings. The van der Waals surface area contributed by atoms with Crippen LogP contribution in [-0.4, -0.2) is 6.04 Å². The highest BCUT2D eigenvalue weighted by molar-refractivity contribution is 6.33. The molecule has 0 aliphatic carbocycles. The summed E-state index contributed by atoms with van der Waals surface area (Å²) in [6.45, 7) is 6.55. The lowest BCUT2D eigenvalue weighted by atomic mass is 10.1. The van der Waals surface area contributed by atoms with Gasteiger partial charge in [0, 0.05) is 6.04 Å². The van der Waals surface area contributed by atoms with E-state index in [9.17, 15) is 0 Å². The Morgan fingerprint density at radius 1 is 1.17 bits per heavy atom. The molecule has 0 fully saturated rings. The van der Waals surface area contributed by atoms with E-state index in [0.29, 0.717) is 6.04 Å². The molecular formula is C16H26ClN. The fraction of sp³-hybridized carbons (Fsp3) is 0.625. The first-order valence-corrected chi connectivity index (χ1v) is 7.54. The second-order valence-corrected chi connectivity index (χ2v) is 5.64. The van der Waals surface area contributed by atoms with Gasteiger partial charge in [0.05, 0.1) is 10.7 Å². The molecule has 0 heterocycles. The number of aryl methyl sites for hydroxylation is 1. The molecule has 0 saturated heterocycles. The van der Waals surface area contributed by atoms with Gasteiger partial charge in [-0.1, -0.05) is 56.7 Å². The molecule has 102 valence electrons. The van der Waals surface area contributed by atoms with Crippen LogP contribution in [0.15, 0.2) is 18.2 Å². The predicted molar refractivity (Wildman–Crippen MR) is 82.6 cm³/mol. The summed E-state index contributed by atoms with van der Waals surface area (Å²) in [5.74, 6) is 0. The van der Waals surface area contributed by atoms with E-state index < -0.39 is 0 Å². The Hall–Kier alpha value is -0.690. The second-order valence-electron chi connectivity index (χ2n) is 5.23. The first-order chi connectivity index (χ1) is 8.63. The van der Waals surface area contributed by atoms with Gasteiger partial charge in [-0.2, -0.15) is 0 Å². The first-order valence-electron chi connectivity index (χ1n) is 7.16. The molecule has 1 atom stereocenters. The highest BCUT2D eigenvalue weighted by Crippen LogP contribution is 2.24. The fourth-order valence-electron chi connectivity index (χ4n) is 2.13. The number of nitrogens with one attached hydrogen (secondary N) is 1. The number of benzene rings is 1. The summed E-state index contributed by atoms with van der Waals surface area (Å²) < 4.78 is 0. The minimum atomic E-state index is 0.492. The van der Waals surface area contributed by atoms with Crippen molar-refractivity contribution < 1.29 is 0 Å². The predicted octanol–water partition coefficient (Wildman–Crippen LogP) is 5.81. The van der Waals surface area contributed by atoms with Crippen LogP contribution < -0.4 is 5.32 Å². The minimum Gasteiger partial charge on any atom is -0.381 e. The number of rotatable bonds is 8. The summed E-state index contributed by atoms with van der Waals surface area (Å²) in [5.41, 5.74) is 2.26. The average molecular weight is 268 g/mol. The first kappa shape index (κ1) is 15.4. The van der Waals surface area contributed by atoms with Crippen molar-refractivity contribution in [3.05, 3.63) is 28.8 Å². The summed E-state index contributed by atoms with van der Waals surface area (Å²) >= 11 is 6.21. The third-order valence-corrected chi connectivity index (χ3v) is 3.58. The fourth-order valence-corrected chi connectivity index (χ4v) is 2.42. The maximum atomic E-state index is 6.21. The quantitative estimate of drug-likeness (QED) is 0.586. The van der Waals surface area contributed by atoms with Gasteiger partial charge < -0.3 is 5.32 Å². The average Bonchev–Trinajstić information content (AvgIpc) is 2.32. The van der Waals surface area contributed by atoms with Gasteiger partial charge >= 0.3 is 0 Å². The number of unbranched alkanes of at least 4 members (excludes halogenated alkanes) is 4. The second kappa shape index (κ2) is 8.42. The van der Waals surface area contributed by atoms with Crippen molar-refractivity contribution in [3.8, 4) is 0 Å². The number of hydrogen-bond donors (Lipinski definition) is 1. The number of halogens is 1. The Morgan fingerprint density at radius 3 is 2.56 bits per heavy atom. The van der Waals surface area contributed by atoms with Crippen molar-refractivity contribution in [2.75, 3.05) is 5.32 Å². The number of anilines is 1. The molecule has 0 aliphatic heterocycles. The minimum absolute atomic E-state index is 0.492. The van der Waals surface area contributed by atoms with Crippen molar-refractivity contribution in [2.24, 2.45) is 0 Å². The largest absolute Gasteiger partial charge is 0.381 e. The highest BCUT2D eigenvalue weighted by Gasteiger charge is 2.05. The van der Waals surface area contributed by atoms with Gasteiger partial charge in [0.1, 0.15) is 0 Å². The van der Waals surface area contributed by atoms with Gasteiger partial charge in [-0.25, -0.2) is 0 Å². The van der Waals surface area contributed by atoms with Crippen molar-refractivity contribution in [2.45, 2.75) is 65.3 Å². The molecule has 1 N–H and O–H groups in total. The molecule has 0 spiro atoms. The zero-order valence-electron chi connectivity index (χ0n) is 11.9. The van der Waals surface area contributed by atoms with E-state index in [1.54, 1.807) is 0 Å². The van der Waals surface area contributed by atoms with E-state index in [2.05, 4.69) is 38.2 Å². The summed E-state index contributed by atoms with van der Waals surface area (Å²) in [7, 11) is 0. The molecule has 1 aromatic carbocycles. The Balaban J connectivity index is 2.28. The Kier molecular flexibility index (Phi) is 7.19. The van der Waals surface area contributed by atoms with Crippen LogP contribution in [0.25, 0.3) is 0 Å². The lowest BCUT2D eigenvalue weighted by Gasteiger charge is -2.16. The van der Waals surface area contributed by atoms with Gasteiger partial charge in [0.25, 0.3) is 0 Å². The van der Waals surface area contributed by atoms with E-state index >= 15 is 0 Å². The Morgan fingerprint density at radius 2 is 1.89 bits per heavy atom. The zero-order chi connectivity index (χ0) is 13.4. The summed E-state index contributed by atoms with van der Waals surface area (Å²) in [4.78, 5) is 0. The SMILES string of the molecule is CCCCCCCC(C)Nc1ccc(C)cc1Cl. The van der Waals surface area contributed by atoms with Gasteiger partial charge in [-0.15, -0.1) is 0 Å². The Bertz CT molecular complexity index is 349. The molecule has 2 heteroatoms. The third-order valence-electron chi connectivity index (χ3n) is 3.27. The van der Waals surface area contributed by atoms with Crippen LogP contribution in [0.1, 0.15) is 57.9 Å². The van der Waals surface area contributed by atoms with E-state index in [0.717, 1.165) is 10.7 Å². The van der Waals surface area contributed by atoms with Gasteiger partial charge in [0.2, 0.25) is 0 Å². The molecule has 0 aliphatic rings. The lowest BCUT2D eigenvalue weighted by molar-refractivity contribution is 0.578. The lowest BCUT2D eigenvalue weighted by Crippen LogP contribution is -2.15. The van der Waals surface area contributed by atoms with Crippen LogP contribution >= 0.6 is 11.6 Å². The summed E-state index contributed by atoms with van der Waals surface area (Å²) in [6.07, 6.45) is 7.92. The van der Waals surface area contributed by atoms with E-state index in [-0.39, 0.29) is 0 Å². The molecule has 0 bridgehead atoms. The van der Waals surface area contributed by atoms with Crippen LogP contribution in [0.2, 0.25) is 5.02 Å². The molecule has 1 nitrogen and oxygen atoms in total. The van der Waals surface area contributed by atoms with E-state index in [4.69, 9.17) is 11.6 Å². The normalized spacial score (nSPS) is 12.4. The van der Waals surface area contributed by atoms with Crippen LogP contribution in [0.4, 0.5) is 5.69 Å². The molecular weight excluding hydrogens is 242 g/mol. The number of hydrogen-bond acceptors (Lipinski definition) is 1. The molecule has 0 amide bonds. The molecule has 1 rings (SSSR count). The van der Waals surface area contributed by atoms with Crippen LogP contribution in [0.3, 0.4) is 0 Å². The molecule has 0 radical (unpaired) electrons. The highest BCUT2D eigenvalue weighted by atomic mass is 35.5. The van der Waals surface area contributed by atoms with Crippen LogP contribution in [0, 0.1) is 6.92 Å². The Labute approximate surface area is 117 Å². The molecule has 1 unspecified atom stereocenters. The standard InChI is InChI=1S/C16H26ClN/c1-4-5-6-7-8-9-14(3)18-16-11-10-13(2)12-15(16)17/h10-12,14,18H,4-9H2,1-3H3.